The number of amides is 2. The third-order valence-electron chi connectivity index (χ3n) is 4.86. The van der Waals surface area contributed by atoms with E-state index in [4.69, 9.17) is 9.47 Å². The van der Waals surface area contributed by atoms with Crippen LogP contribution in [0.2, 0.25) is 0 Å². The summed E-state index contributed by atoms with van der Waals surface area (Å²) in [6.07, 6.45) is 0. The van der Waals surface area contributed by atoms with Gasteiger partial charge in [-0.05, 0) is 50.2 Å². The van der Waals surface area contributed by atoms with E-state index in [0.29, 0.717) is 48.9 Å². The summed E-state index contributed by atoms with van der Waals surface area (Å²) in [6.45, 7) is 6.15. The third-order valence-corrected chi connectivity index (χ3v) is 4.86. The highest BCUT2D eigenvalue weighted by molar-refractivity contribution is 5.97. The molecule has 0 fully saturated rings. The Labute approximate surface area is 178 Å². The molecule has 30 heavy (non-hydrogen) atoms. The molecule has 0 bridgehead atoms. The Morgan fingerprint density at radius 3 is 2.33 bits per heavy atom. The van der Waals surface area contributed by atoms with Gasteiger partial charge in [-0.1, -0.05) is 6.07 Å². The van der Waals surface area contributed by atoms with Crippen molar-refractivity contribution in [2.24, 2.45) is 0 Å². The van der Waals surface area contributed by atoms with Gasteiger partial charge in [0.15, 0.2) is 18.0 Å². The van der Waals surface area contributed by atoms with Crippen LogP contribution in [0.1, 0.15) is 29.8 Å². The molecule has 0 spiro atoms. The molecule has 7 heteroatoms. The Hall–Kier alpha value is -3.06. The SMILES string of the molecule is CCN(CC)C(=O)c1cccc(NC(=O)C[NH+](C)Cc2ccc(OC)c(OC)c2)c1. The molecule has 0 radical (unpaired) electrons. The van der Waals surface area contributed by atoms with Gasteiger partial charge in [0, 0.05) is 29.9 Å². The predicted molar refractivity (Wildman–Crippen MR) is 117 cm³/mol. The molecule has 0 aliphatic carbocycles. The van der Waals surface area contributed by atoms with E-state index in [0.717, 1.165) is 10.5 Å². The van der Waals surface area contributed by atoms with Crippen LogP contribution < -0.4 is 19.7 Å². The maximum atomic E-state index is 12.5. The number of likely N-dealkylation sites (N-methyl/N-ethyl adjacent to an activating group) is 1. The summed E-state index contributed by atoms with van der Waals surface area (Å²) >= 11 is 0. The van der Waals surface area contributed by atoms with Crippen LogP contribution in [-0.4, -0.2) is 57.6 Å². The summed E-state index contributed by atoms with van der Waals surface area (Å²) in [5.41, 5.74) is 2.24. The van der Waals surface area contributed by atoms with Gasteiger partial charge in [-0.3, -0.25) is 9.59 Å². The number of nitrogens with one attached hydrogen (secondary N) is 2. The first kappa shape index (κ1) is 23.2. The number of ether oxygens (including phenoxy) is 2. The van der Waals surface area contributed by atoms with Crippen LogP contribution in [0, 0.1) is 0 Å². The van der Waals surface area contributed by atoms with Gasteiger partial charge >= 0.3 is 0 Å². The number of methoxy groups -OCH3 is 2. The van der Waals surface area contributed by atoms with Crippen LogP contribution >= 0.6 is 0 Å². The fourth-order valence-electron chi connectivity index (χ4n) is 3.30. The van der Waals surface area contributed by atoms with Gasteiger partial charge in [-0.25, -0.2) is 0 Å². The van der Waals surface area contributed by atoms with E-state index in [1.807, 2.05) is 39.1 Å². The first-order chi connectivity index (χ1) is 14.4. The zero-order valence-electron chi connectivity index (χ0n) is 18.5. The second-order valence-corrected chi connectivity index (χ2v) is 7.11. The number of nitrogens with zero attached hydrogens (tertiary/aromatic N) is 1. The minimum Gasteiger partial charge on any atom is -0.493 e. The largest absolute Gasteiger partial charge is 0.493 e. The van der Waals surface area contributed by atoms with Gasteiger partial charge in [-0.15, -0.1) is 0 Å². The van der Waals surface area contributed by atoms with Crippen molar-refractivity contribution in [3.8, 4) is 11.5 Å². The highest BCUT2D eigenvalue weighted by atomic mass is 16.5. The number of hydrogen-bond donors (Lipinski definition) is 2. The van der Waals surface area contributed by atoms with Crippen molar-refractivity contribution in [2.45, 2.75) is 20.4 Å². The Kier molecular flexibility index (Phi) is 8.68. The molecule has 0 saturated heterocycles. The number of carbonyl (C=O) groups excluding carboxylic acids is 2. The molecule has 2 aromatic rings. The smallest absolute Gasteiger partial charge is 0.279 e. The highest BCUT2D eigenvalue weighted by Gasteiger charge is 2.15. The van der Waals surface area contributed by atoms with Gasteiger partial charge < -0.3 is 24.6 Å². The Morgan fingerprint density at radius 1 is 1.00 bits per heavy atom. The molecule has 162 valence electrons. The topological polar surface area (TPSA) is 72.3 Å². The minimum absolute atomic E-state index is 0.0349. The average molecular weight is 415 g/mol. The van der Waals surface area contributed by atoms with Gasteiger partial charge in [0.2, 0.25) is 0 Å². The monoisotopic (exact) mass is 414 g/mol. The average Bonchev–Trinajstić information content (AvgIpc) is 2.74. The maximum absolute atomic E-state index is 12.5. The second-order valence-electron chi connectivity index (χ2n) is 7.11. The molecule has 7 nitrogen and oxygen atoms in total. The van der Waals surface area contributed by atoms with Gasteiger partial charge in [0.1, 0.15) is 6.54 Å². The molecule has 0 aliphatic heterocycles. The summed E-state index contributed by atoms with van der Waals surface area (Å²) in [4.78, 5) is 27.8. The van der Waals surface area contributed by atoms with Gasteiger partial charge in [0.05, 0.1) is 21.3 Å². The number of hydrogen-bond acceptors (Lipinski definition) is 4. The van der Waals surface area contributed by atoms with Crippen LogP contribution in [0.25, 0.3) is 0 Å². The lowest BCUT2D eigenvalue weighted by Crippen LogP contribution is -3.08. The molecule has 1 atom stereocenters. The van der Waals surface area contributed by atoms with Crippen molar-refractivity contribution in [1.29, 1.82) is 0 Å². The quantitative estimate of drug-likeness (QED) is 0.622. The summed E-state index contributed by atoms with van der Waals surface area (Å²) in [5.74, 6) is 1.20. The molecule has 2 rings (SSSR count). The number of rotatable bonds is 10. The highest BCUT2D eigenvalue weighted by Crippen LogP contribution is 2.27. The van der Waals surface area contributed by atoms with E-state index in [-0.39, 0.29) is 11.8 Å². The molecule has 0 aromatic heterocycles. The van der Waals surface area contributed by atoms with Crippen LogP contribution in [0.5, 0.6) is 11.5 Å². The number of benzene rings is 2. The first-order valence-electron chi connectivity index (χ1n) is 10.1. The Morgan fingerprint density at radius 2 is 1.70 bits per heavy atom. The van der Waals surface area contributed by atoms with E-state index in [9.17, 15) is 9.59 Å². The van der Waals surface area contributed by atoms with Crippen molar-refractivity contribution in [2.75, 3.05) is 46.2 Å². The summed E-state index contributed by atoms with van der Waals surface area (Å²) < 4.78 is 10.6. The van der Waals surface area contributed by atoms with Crippen LogP contribution in [0.4, 0.5) is 5.69 Å². The van der Waals surface area contributed by atoms with E-state index < -0.39 is 0 Å². The number of anilines is 1. The fraction of sp³-hybridized carbons (Fsp3) is 0.391. The van der Waals surface area contributed by atoms with Gasteiger partial charge in [0.25, 0.3) is 11.8 Å². The lowest BCUT2D eigenvalue weighted by atomic mass is 10.1. The maximum Gasteiger partial charge on any atom is 0.279 e. The van der Waals surface area contributed by atoms with Crippen molar-refractivity contribution in [3.63, 3.8) is 0 Å². The minimum atomic E-state index is -0.111. The van der Waals surface area contributed by atoms with Crippen molar-refractivity contribution < 1.29 is 24.0 Å². The fourth-order valence-corrected chi connectivity index (χ4v) is 3.30. The molecule has 0 aliphatic rings. The predicted octanol–water partition coefficient (Wildman–Crippen LogP) is 1.84. The van der Waals surface area contributed by atoms with Crippen molar-refractivity contribution in [3.05, 3.63) is 53.6 Å². The standard InChI is InChI=1S/C23H31N3O4/c1-6-26(7-2)23(28)18-9-8-10-19(14-18)24-22(27)16-25(3)15-17-11-12-20(29-4)21(13-17)30-5/h8-14H,6-7,15-16H2,1-5H3,(H,24,27)/p+1. The van der Waals surface area contributed by atoms with Crippen molar-refractivity contribution >= 4 is 17.5 Å². The van der Waals surface area contributed by atoms with E-state index >= 15 is 0 Å². The molecule has 1 unspecified atom stereocenters. The summed E-state index contributed by atoms with van der Waals surface area (Å²) in [7, 11) is 5.16. The molecular weight excluding hydrogens is 382 g/mol. The van der Waals surface area contributed by atoms with Crippen LogP contribution in [0.15, 0.2) is 42.5 Å². The van der Waals surface area contributed by atoms with Crippen LogP contribution in [0.3, 0.4) is 0 Å². The van der Waals surface area contributed by atoms with Gasteiger partial charge in [-0.2, -0.15) is 0 Å². The van der Waals surface area contributed by atoms with Crippen molar-refractivity contribution in [1.82, 2.24) is 4.90 Å². The molecule has 0 saturated carbocycles. The Balaban J connectivity index is 1.97. The normalized spacial score (nSPS) is 11.5. The first-order valence-corrected chi connectivity index (χ1v) is 10.1. The molecule has 2 amide bonds. The number of quaternary nitrogens is 1. The lowest BCUT2D eigenvalue weighted by Gasteiger charge is -2.19. The Bertz CT molecular complexity index is 865. The summed E-state index contributed by atoms with van der Waals surface area (Å²) in [5, 5.41) is 2.89. The third kappa shape index (κ3) is 6.22. The van der Waals surface area contributed by atoms with E-state index in [2.05, 4.69) is 5.32 Å². The zero-order valence-corrected chi connectivity index (χ0v) is 18.5. The van der Waals surface area contributed by atoms with E-state index in [1.165, 1.54) is 0 Å². The molecule has 0 heterocycles. The molecule has 2 N–H and O–H groups in total. The number of carbonyl (C=O) groups is 2. The molecular formula is C23H32N3O4+. The second kappa shape index (κ2) is 11.2. The van der Waals surface area contributed by atoms with Crippen LogP contribution in [-0.2, 0) is 11.3 Å². The van der Waals surface area contributed by atoms with E-state index in [1.54, 1.807) is 43.4 Å². The lowest BCUT2D eigenvalue weighted by molar-refractivity contribution is -0.885. The molecule has 2 aromatic carbocycles. The zero-order chi connectivity index (χ0) is 22.1. The summed E-state index contributed by atoms with van der Waals surface area (Å²) in [6, 6.07) is 12.8.